The highest BCUT2D eigenvalue weighted by Crippen LogP contribution is 2.24. The molecule has 1 nitrogen and oxygen atoms in total. The van der Waals surface area contributed by atoms with Crippen LogP contribution in [-0.4, -0.2) is 0 Å². The topological polar surface area (TPSA) is 3.88 Å². The van der Waals surface area contributed by atoms with Gasteiger partial charge in [0.2, 0.25) is 0 Å². The van der Waals surface area contributed by atoms with Gasteiger partial charge in [-0.3, -0.25) is 0 Å². The molecule has 1 aromatic rings. The first-order valence-corrected chi connectivity index (χ1v) is 7.30. The molecule has 0 aliphatic carbocycles. The SMILES string of the molecule is CCCCC(CC)c1cc[n+](CCCC)cc1. The molecule has 0 fully saturated rings. The summed E-state index contributed by atoms with van der Waals surface area (Å²) in [6.07, 6.45) is 12.3. The Morgan fingerprint density at radius 3 is 2.18 bits per heavy atom. The number of hydrogen-bond acceptors (Lipinski definition) is 0. The number of pyridine rings is 1. The Morgan fingerprint density at radius 1 is 1.00 bits per heavy atom. The fraction of sp³-hybridized carbons (Fsp3) is 0.688. The quantitative estimate of drug-likeness (QED) is 0.585. The minimum absolute atomic E-state index is 0.760. The number of nitrogens with zero attached hydrogens (tertiary/aromatic N) is 1. The molecule has 0 aliphatic heterocycles. The second kappa shape index (κ2) is 8.27. The van der Waals surface area contributed by atoms with Gasteiger partial charge in [0.15, 0.2) is 12.4 Å². The van der Waals surface area contributed by atoms with Crippen LogP contribution < -0.4 is 4.57 Å². The molecule has 0 N–H and O–H groups in total. The lowest BCUT2D eigenvalue weighted by Gasteiger charge is -2.13. The van der Waals surface area contributed by atoms with Gasteiger partial charge >= 0.3 is 0 Å². The highest BCUT2D eigenvalue weighted by molar-refractivity contribution is 5.13. The van der Waals surface area contributed by atoms with Crippen LogP contribution in [0.5, 0.6) is 0 Å². The van der Waals surface area contributed by atoms with Gasteiger partial charge in [0, 0.05) is 18.6 Å². The zero-order valence-electron chi connectivity index (χ0n) is 11.8. The van der Waals surface area contributed by atoms with E-state index in [0.717, 1.165) is 12.5 Å². The smallest absolute Gasteiger partial charge is 0.169 e. The normalized spacial score (nSPS) is 12.6. The summed E-state index contributed by atoms with van der Waals surface area (Å²) >= 11 is 0. The van der Waals surface area contributed by atoms with Gasteiger partial charge in [-0.15, -0.1) is 0 Å². The predicted octanol–water partition coefficient (Wildman–Crippen LogP) is 4.46. The van der Waals surface area contributed by atoms with Crippen molar-refractivity contribution in [1.29, 1.82) is 0 Å². The number of hydrogen-bond donors (Lipinski definition) is 0. The van der Waals surface area contributed by atoms with Gasteiger partial charge in [-0.2, -0.15) is 0 Å². The first-order valence-electron chi connectivity index (χ1n) is 7.30. The monoisotopic (exact) mass is 234 g/mol. The number of aromatic nitrogens is 1. The summed E-state index contributed by atoms with van der Waals surface area (Å²) in [5.74, 6) is 0.760. The van der Waals surface area contributed by atoms with Crippen molar-refractivity contribution in [2.24, 2.45) is 0 Å². The molecule has 1 unspecified atom stereocenters. The third kappa shape index (κ3) is 4.89. The van der Waals surface area contributed by atoms with Crippen LogP contribution in [0.1, 0.15) is 70.8 Å². The maximum Gasteiger partial charge on any atom is 0.169 e. The second-order valence-corrected chi connectivity index (χ2v) is 4.97. The van der Waals surface area contributed by atoms with Crippen molar-refractivity contribution in [3.8, 4) is 0 Å². The Balaban J connectivity index is 2.57. The molecule has 0 bridgehead atoms. The zero-order valence-corrected chi connectivity index (χ0v) is 11.8. The molecule has 17 heavy (non-hydrogen) atoms. The Morgan fingerprint density at radius 2 is 1.65 bits per heavy atom. The third-order valence-corrected chi connectivity index (χ3v) is 3.56. The molecule has 1 heterocycles. The molecule has 0 amide bonds. The van der Waals surface area contributed by atoms with Crippen LogP contribution in [0.25, 0.3) is 0 Å². The van der Waals surface area contributed by atoms with E-state index < -0.39 is 0 Å². The van der Waals surface area contributed by atoms with Crippen molar-refractivity contribution in [2.75, 3.05) is 0 Å². The Hall–Kier alpha value is -0.850. The van der Waals surface area contributed by atoms with Gasteiger partial charge in [0.1, 0.15) is 6.54 Å². The second-order valence-electron chi connectivity index (χ2n) is 4.97. The van der Waals surface area contributed by atoms with E-state index in [1.165, 1.54) is 44.1 Å². The van der Waals surface area contributed by atoms with Crippen molar-refractivity contribution in [2.45, 2.75) is 71.8 Å². The molecule has 0 saturated carbocycles. The third-order valence-electron chi connectivity index (χ3n) is 3.56. The Kier molecular flexibility index (Phi) is 6.91. The van der Waals surface area contributed by atoms with Gasteiger partial charge in [-0.1, -0.05) is 40.0 Å². The van der Waals surface area contributed by atoms with Gasteiger partial charge < -0.3 is 0 Å². The maximum atomic E-state index is 2.32. The highest BCUT2D eigenvalue weighted by Gasteiger charge is 2.10. The van der Waals surface area contributed by atoms with E-state index in [-0.39, 0.29) is 0 Å². The molecule has 1 aromatic heterocycles. The molecule has 0 aromatic carbocycles. The van der Waals surface area contributed by atoms with E-state index in [1.54, 1.807) is 0 Å². The first-order chi connectivity index (χ1) is 8.31. The van der Waals surface area contributed by atoms with Crippen molar-refractivity contribution in [3.05, 3.63) is 30.1 Å². The van der Waals surface area contributed by atoms with Crippen molar-refractivity contribution in [1.82, 2.24) is 0 Å². The number of unbranched alkanes of at least 4 members (excludes halogenated alkanes) is 2. The summed E-state index contributed by atoms with van der Waals surface area (Å²) in [6, 6.07) is 4.64. The van der Waals surface area contributed by atoms with Crippen LogP contribution in [0.15, 0.2) is 24.5 Å². The predicted molar refractivity (Wildman–Crippen MR) is 74.1 cm³/mol. The Labute approximate surface area is 107 Å². The molecule has 1 atom stereocenters. The van der Waals surface area contributed by atoms with Crippen molar-refractivity contribution >= 4 is 0 Å². The molecule has 0 spiro atoms. The first kappa shape index (κ1) is 14.2. The largest absolute Gasteiger partial charge is 0.205 e. The van der Waals surface area contributed by atoms with E-state index in [9.17, 15) is 0 Å². The summed E-state index contributed by atoms with van der Waals surface area (Å²) in [5, 5.41) is 0. The van der Waals surface area contributed by atoms with Crippen molar-refractivity contribution in [3.63, 3.8) is 0 Å². The van der Waals surface area contributed by atoms with Crippen molar-refractivity contribution < 1.29 is 4.57 Å². The molecule has 1 heteroatoms. The molecule has 0 aliphatic rings. The van der Waals surface area contributed by atoms with Crippen LogP contribution in [-0.2, 0) is 6.54 Å². The van der Waals surface area contributed by atoms with E-state index >= 15 is 0 Å². The minimum atomic E-state index is 0.760. The molecule has 96 valence electrons. The molecule has 0 radical (unpaired) electrons. The van der Waals surface area contributed by atoms with Crippen LogP contribution >= 0.6 is 0 Å². The van der Waals surface area contributed by atoms with Crippen LogP contribution in [0, 0.1) is 0 Å². The van der Waals surface area contributed by atoms with E-state index in [2.05, 4.69) is 49.9 Å². The lowest BCUT2D eigenvalue weighted by Crippen LogP contribution is -2.32. The van der Waals surface area contributed by atoms with E-state index in [0.29, 0.717) is 0 Å². The van der Waals surface area contributed by atoms with Crippen LogP contribution in [0.4, 0.5) is 0 Å². The molecular weight excluding hydrogens is 206 g/mol. The van der Waals surface area contributed by atoms with Gasteiger partial charge in [0.25, 0.3) is 0 Å². The summed E-state index contributed by atoms with van der Waals surface area (Å²) in [7, 11) is 0. The van der Waals surface area contributed by atoms with Gasteiger partial charge in [0.05, 0.1) is 0 Å². The summed E-state index contributed by atoms with van der Waals surface area (Å²) in [4.78, 5) is 0. The molecule has 1 rings (SSSR count). The highest BCUT2D eigenvalue weighted by atomic mass is 14.9. The Bertz CT molecular complexity index is 289. The van der Waals surface area contributed by atoms with Gasteiger partial charge in [-0.05, 0) is 24.3 Å². The number of aryl methyl sites for hydroxylation is 1. The fourth-order valence-corrected chi connectivity index (χ4v) is 2.29. The lowest BCUT2D eigenvalue weighted by molar-refractivity contribution is -0.697. The standard InChI is InChI=1S/C16H28N/c1-4-7-9-15(6-3)16-10-13-17(14-11-16)12-8-5-2/h10-11,13-15H,4-9,12H2,1-3H3/q+1. The average Bonchev–Trinajstić information content (AvgIpc) is 2.38. The summed E-state index contributed by atoms with van der Waals surface area (Å²) < 4.78 is 2.31. The van der Waals surface area contributed by atoms with Crippen LogP contribution in [0.2, 0.25) is 0 Å². The zero-order chi connectivity index (χ0) is 12.5. The molecule has 0 saturated heterocycles. The van der Waals surface area contributed by atoms with E-state index in [1.807, 2.05) is 0 Å². The summed E-state index contributed by atoms with van der Waals surface area (Å²) in [5.41, 5.74) is 1.52. The lowest BCUT2D eigenvalue weighted by atomic mass is 9.92. The average molecular weight is 234 g/mol. The minimum Gasteiger partial charge on any atom is -0.205 e. The fourth-order valence-electron chi connectivity index (χ4n) is 2.29. The maximum absolute atomic E-state index is 2.32. The molecular formula is C16H28N+. The van der Waals surface area contributed by atoms with E-state index in [4.69, 9.17) is 0 Å². The van der Waals surface area contributed by atoms with Crippen LogP contribution in [0.3, 0.4) is 0 Å². The summed E-state index contributed by atoms with van der Waals surface area (Å²) in [6.45, 7) is 7.98. The number of rotatable bonds is 8. The van der Waals surface area contributed by atoms with Gasteiger partial charge in [-0.25, -0.2) is 4.57 Å².